The second-order valence-electron chi connectivity index (χ2n) is 5.66. The Kier molecular flexibility index (Phi) is 5.13. The molecule has 0 unspecified atom stereocenters. The Labute approximate surface area is 135 Å². The number of hydrogen-bond acceptors (Lipinski definition) is 4. The maximum atomic E-state index is 12.2. The molecule has 0 aliphatic carbocycles. The van der Waals surface area contributed by atoms with Gasteiger partial charge in [0, 0.05) is 18.4 Å². The van der Waals surface area contributed by atoms with E-state index in [9.17, 15) is 9.59 Å². The van der Waals surface area contributed by atoms with Gasteiger partial charge in [-0.15, -0.1) is 0 Å². The Morgan fingerprint density at radius 3 is 2.61 bits per heavy atom. The van der Waals surface area contributed by atoms with E-state index in [2.05, 4.69) is 15.6 Å². The smallest absolute Gasteiger partial charge is 0.273 e. The van der Waals surface area contributed by atoms with Crippen molar-refractivity contribution < 1.29 is 9.59 Å². The Hall–Kier alpha value is -2.67. The first-order chi connectivity index (χ1) is 10.9. The zero-order valence-electron chi connectivity index (χ0n) is 13.8. The Balaban J connectivity index is 2.12. The van der Waals surface area contributed by atoms with Crippen molar-refractivity contribution >= 4 is 23.2 Å². The third-order valence-electron chi connectivity index (χ3n) is 3.28. The molecule has 0 aliphatic rings. The van der Waals surface area contributed by atoms with Crippen molar-refractivity contribution in [1.29, 1.82) is 0 Å². The quantitative estimate of drug-likeness (QED) is 0.876. The zero-order valence-corrected chi connectivity index (χ0v) is 13.8. The highest BCUT2D eigenvalue weighted by Gasteiger charge is 2.12. The first kappa shape index (κ1) is 16.7. The van der Waals surface area contributed by atoms with E-state index in [1.54, 1.807) is 35.0 Å². The van der Waals surface area contributed by atoms with Crippen LogP contribution in [0.2, 0.25) is 0 Å². The molecule has 0 atom stereocenters. The van der Waals surface area contributed by atoms with Crippen LogP contribution in [0.15, 0.2) is 30.7 Å². The maximum Gasteiger partial charge on any atom is 0.273 e. The Bertz CT molecular complexity index is 721. The number of benzene rings is 1. The van der Waals surface area contributed by atoms with E-state index < -0.39 is 0 Å². The van der Waals surface area contributed by atoms with Crippen LogP contribution >= 0.6 is 0 Å². The van der Waals surface area contributed by atoms with E-state index in [0.717, 1.165) is 5.56 Å². The van der Waals surface area contributed by atoms with Gasteiger partial charge in [-0.05, 0) is 38.7 Å². The molecule has 2 aromatic rings. The number of nitrogens with zero attached hydrogens (tertiary/aromatic N) is 3. The lowest BCUT2D eigenvalue weighted by Crippen LogP contribution is -2.27. The van der Waals surface area contributed by atoms with E-state index >= 15 is 0 Å². The average Bonchev–Trinajstić information content (AvgIpc) is 2.88. The standard InChI is InChI=1S/C16H21N5O2/c1-11-5-6-12(7-13(11)19-15(22)9-20(2)3)18-16(23)14-8-17-10-21(14)4/h5-8,10H,9H2,1-4H3,(H,18,23)(H,19,22). The first-order valence-electron chi connectivity index (χ1n) is 7.19. The first-order valence-corrected chi connectivity index (χ1v) is 7.19. The van der Waals surface area contributed by atoms with Crippen LogP contribution in [0.25, 0.3) is 0 Å². The molecule has 1 aromatic heterocycles. The zero-order chi connectivity index (χ0) is 17.0. The minimum atomic E-state index is -0.251. The molecule has 0 aliphatic heterocycles. The van der Waals surface area contributed by atoms with Gasteiger partial charge in [-0.2, -0.15) is 0 Å². The fourth-order valence-corrected chi connectivity index (χ4v) is 2.08. The third kappa shape index (κ3) is 4.40. The highest BCUT2D eigenvalue weighted by molar-refractivity contribution is 6.03. The predicted molar refractivity (Wildman–Crippen MR) is 89.5 cm³/mol. The predicted octanol–water partition coefficient (Wildman–Crippen LogP) is 1.48. The molecular formula is C16H21N5O2. The van der Waals surface area contributed by atoms with Gasteiger partial charge in [-0.3, -0.25) is 9.59 Å². The largest absolute Gasteiger partial charge is 0.330 e. The van der Waals surface area contributed by atoms with Gasteiger partial charge in [0.15, 0.2) is 0 Å². The van der Waals surface area contributed by atoms with E-state index in [1.165, 1.54) is 6.20 Å². The number of carbonyl (C=O) groups is 2. The summed E-state index contributed by atoms with van der Waals surface area (Å²) < 4.78 is 1.64. The molecule has 2 N–H and O–H groups in total. The van der Waals surface area contributed by atoms with E-state index in [4.69, 9.17) is 0 Å². The minimum Gasteiger partial charge on any atom is -0.330 e. The van der Waals surface area contributed by atoms with Gasteiger partial charge in [0.05, 0.1) is 19.1 Å². The van der Waals surface area contributed by atoms with Crippen LogP contribution in [-0.2, 0) is 11.8 Å². The summed E-state index contributed by atoms with van der Waals surface area (Å²) in [4.78, 5) is 29.8. The molecule has 0 saturated heterocycles. The van der Waals surface area contributed by atoms with Gasteiger partial charge in [0.2, 0.25) is 5.91 Å². The van der Waals surface area contributed by atoms with Gasteiger partial charge in [0.1, 0.15) is 5.69 Å². The van der Waals surface area contributed by atoms with Crippen molar-refractivity contribution in [2.45, 2.75) is 6.92 Å². The van der Waals surface area contributed by atoms with Crippen LogP contribution in [0.5, 0.6) is 0 Å². The summed E-state index contributed by atoms with van der Waals surface area (Å²) >= 11 is 0. The summed E-state index contributed by atoms with van der Waals surface area (Å²) in [5.41, 5.74) is 2.68. The van der Waals surface area contributed by atoms with Gasteiger partial charge >= 0.3 is 0 Å². The van der Waals surface area contributed by atoms with E-state index in [-0.39, 0.29) is 11.8 Å². The average molecular weight is 315 g/mol. The van der Waals surface area contributed by atoms with Crippen molar-refractivity contribution in [2.24, 2.45) is 7.05 Å². The molecule has 1 aromatic carbocycles. The molecule has 1 heterocycles. The molecule has 0 spiro atoms. The second kappa shape index (κ2) is 7.06. The lowest BCUT2D eigenvalue weighted by Gasteiger charge is -2.13. The Morgan fingerprint density at radius 2 is 2.00 bits per heavy atom. The molecule has 122 valence electrons. The fraction of sp³-hybridized carbons (Fsp3) is 0.312. The SMILES string of the molecule is Cc1ccc(NC(=O)c2cncn2C)cc1NC(=O)CN(C)C. The lowest BCUT2D eigenvalue weighted by molar-refractivity contribution is -0.116. The van der Waals surface area contributed by atoms with Crippen LogP contribution in [-0.4, -0.2) is 46.9 Å². The minimum absolute atomic E-state index is 0.104. The summed E-state index contributed by atoms with van der Waals surface area (Å²) in [5.74, 6) is -0.354. The number of aryl methyl sites for hydroxylation is 2. The normalized spacial score (nSPS) is 10.7. The fourth-order valence-electron chi connectivity index (χ4n) is 2.08. The molecule has 0 fully saturated rings. The van der Waals surface area contributed by atoms with E-state index in [0.29, 0.717) is 23.6 Å². The topological polar surface area (TPSA) is 79.3 Å². The maximum absolute atomic E-state index is 12.2. The third-order valence-corrected chi connectivity index (χ3v) is 3.28. The summed E-state index contributed by atoms with van der Waals surface area (Å²) in [7, 11) is 5.41. The van der Waals surface area contributed by atoms with E-state index in [1.807, 2.05) is 27.1 Å². The number of hydrogen-bond donors (Lipinski definition) is 2. The van der Waals surface area contributed by atoms with Crippen molar-refractivity contribution in [3.05, 3.63) is 42.0 Å². The molecule has 23 heavy (non-hydrogen) atoms. The van der Waals surface area contributed by atoms with Crippen molar-refractivity contribution in [2.75, 3.05) is 31.3 Å². The molecule has 2 rings (SSSR count). The number of aromatic nitrogens is 2. The number of rotatable bonds is 5. The molecule has 7 nitrogen and oxygen atoms in total. The van der Waals surface area contributed by atoms with Crippen molar-refractivity contribution in [3.63, 3.8) is 0 Å². The number of likely N-dealkylation sites (N-methyl/N-ethyl adjacent to an activating group) is 1. The van der Waals surface area contributed by atoms with Gasteiger partial charge < -0.3 is 20.1 Å². The number of carbonyl (C=O) groups excluding carboxylic acids is 2. The van der Waals surface area contributed by atoms with Crippen LogP contribution in [0.1, 0.15) is 16.1 Å². The van der Waals surface area contributed by atoms with Crippen LogP contribution < -0.4 is 10.6 Å². The lowest BCUT2D eigenvalue weighted by atomic mass is 10.1. The number of amides is 2. The highest BCUT2D eigenvalue weighted by Crippen LogP contribution is 2.21. The molecular weight excluding hydrogens is 294 g/mol. The highest BCUT2D eigenvalue weighted by atomic mass is 16.2. The monoisotopic (exact) mass is 315 g/mol. The molecule has 2 amide bonds. The molecule has 0 bridgehead atoms. The summed E-state index contributed by atoms with van der Waals surface area (Å²) in [6.07, 6.45) is 3.07. The van der Waals surface area contributed by atoms with Gasteiger partial charge in [0.25, 0.3) is 5.91 Å². The summed E-state index contributed by atoms with van der Waals surface area (Å²) in [6, 6.07) is 5.40. The molecule has 0 radical (unpaired) electrons. The molecule has 7 heteroatoms. The van der Waals surface area contributed by atoms with Gasteiger partial charge in [-0.25, -0.2) is 4.98 Å². The number of nitrogens with one attached hydrogen (secondary N) is 2. The second-order valence-corrected chi connectivity index (χ2v) is 5.66. The molecule has 0 saturated carbocycles. The Morgan fingerprint density at radius 1 is 1.26 bits per heavy atom. The van der Waals surface area contributed by atoms with Gasteiger partial charge in [-0.1, -0.05) is 6.07 Å². The van der Waals surface area contributed by atoms with Crippen molar-refractivity contribution in [3.8, 4) is 0 Å². The summed E-state index contributed by atoms with van der Waals surface area (Å²) in [6.45, 7) is 2.20. The summed E-state index contributed by atoms with van der Waals surface area (Å²) in [5, 5.41) is 5.66. The van der Waals surface area contributed by atoms with Crippen LogP contribution in [0, 0.1) is 6.92 Å². The van der Waals surface area contributed by atoms with Crippen molar-refractivity contribution in [1.82, 2.24) is 14.5 Å². The van der Waals surface area contributed by atoms with Crippen LogP contribution in [0.4, 0.5) is 11.4 Å². The number of anilines is 2. The number of imidazole rings is 1. The van der Waals surface area contributed by atoms with Crippen LogP contribution in [0.3, 0.4) is 0 Å².